The summed E-state index contributed by atoms with van der Waals surface area (Å²) in [5, 5.41) is 15.2. The Morgan fingerprint density at radius 2 is 1.74 bits per heavy atom. The molecule has 0 aliphatic carbocycles. The van der Waals surface area contributed by atoms with Gasteiger partial charge in [0.2, 0.25) is 0 Å². The zero-order valence-corrected chi connectivity index (χ0v) is 14.9. The van der Waals surface area contributed by atoms with Crippen molar-refractivity contribution in [3.05, 3.63) is 47.5 Å². The molecular formula is C18H23Cl2N3. The lowest BCUT2D eigenvalue weighted by Crippen LogP contribution is -2.45. The molecule has 3 nitrogen and oxygen atoms in total. The number of aryl methyl sites for hydroxylation is 1. The molecule has 2 aromatic carbocycles. The first-order chi connectivity index (χ1) is 10.3. The highest BCUT2D eigenvalue weighted by molar-refractivity contribution is 5.89. The summed E-state index contributed by atoms with van der Waals surface area (Å²) in [6.45, 7) is 6.18. The first kappa shape index (κ1) is 19.7. The second kappa shape index (κ2) is 9.10. The van der Waals surface area contributed by atoms with Crippen LogP contribution in [0.25, 0.3) is 10.8 Å². The maximum Gasteiger partial charge on any atom is 0.0641 e. The van der Waals surface area contributed by atoms with Gasteiger partial charge in [0.15, 0.2) is 0 Å². The van der Waals surface area contributed by atoms with E-state index in [1.807, 2.05) is 0 Å². The Balaban J connectivity index is 0.00000132. The Morgan fingerprint density at radius 3 is 2.39 bits per heavy atom. The third-order valence-electron chi connectivity index (χ3n) is 4.41. The monoisotopic (exact) mass is 351 g/mol. The molecule has 1 heterocycles. The highest BCUT2D eigenvalue weighted by Gasteiger charge is 2.23. The number of rotatable bonds is 3. The second-order valence-corrected chi connectivity index (χ2v) is 5.68. The van der Waals surface area contributed by atoms with Crippen molar-refractivity contribution >= 4 is 35.6 Å². The van der Waals surface area contributed by atoms with Crippen LogP contribution in [0.2, 0.25) is 0 Å². The van der Waals surface area contributed by atoms with Crippen molar-refractivity contribution in [2.24, 2.45) is 0 Å². The maximum absolute atomic E-state index is 9.26. The molecule has 1 aliphatic heterocycles. The van der Waals surface area contributed by atoms with Crippen molar-refractivity contribution in [2.45, 2.75) is 19.4 Å². The first-order valence-electron chi connectivity index (χ1n) is 7.61. The Bertz CT molecular complexity index is 676. The van der Waals surface area contributed by atoms with Crippen molar-refractivity contribution in [3.8, 4) is 6.07 Å². The Morgan fingerprint density at radius 1 is 1.09 bits per heavy atom. The summed E-state index contributed by atoms with van der Waals surface area (Å²) in [6, 6.07) is 15.5. The van der Waals surface area contributed by atoms with Crippen molar-refractivity contribution in [1.82, 2.24) is 10.2 Å². The fourth-order valence-electron chi connectivity index (χ4n) is 3.28. The molecule has 0 unspecified atom stereocenters. The van der Waals surface area contributed by atoms with Crippen molar-refractivity contribution in [2.75, 3.05) is 26.2 Å². The third-order valence-corrected chi connectivity index (χ3v) is 4.41. The largest absolute Gasteiger partial charge is 0.314 e. The number of nitrogens with zero attached hydrogens (tertiary/aromatic N) is 2. The van der Waals surface area contributed by atoms with E-state index >= 15 is 0 Å². The number of piperazine rings is 1. The van der Waals surface area contributed by atoms with Crippen LogP contribution < -0.4 is 5.32 Å². The zero-order valence-electron chi connectivity index (χ0n) is 13.3. The summed E-state index contributed by atoms with van der Waals surface area (Å²) >= 11 is 0. The summed E-state index contributed by atoms with van der Waals surface area (Å²) in [5.41, 5.74) is 2.59. The molecular weight excluding hydrogens is 329 g/mol. The normalized spacial score (nSPS) is 16.0. The van der Waals surface area contributed by atoms with Gasteiger partial charge in [-0.25, -0.2) is 0 Å². The molecule has 1 N–H and O–H groups in total. The van der Waals surface area contributed by atoms with E-state index in [0.717, 1.165) is 26.2 Å². The Kier molecular flexibility index (Phi) is 7.81. The average molecular weight is 352 g/mol. The van der Waals surface area contributed by atoms with E-state index < -0.39 is 0 Å². The number of halogens is 2. The van der Waals surface area contributed by atoms with E-state index in [9.17, 15) is 5.26 Å². The van der Waals surface area contributed by atoms with Gasteiger partial charge in [-0.2, -0.15) is 5.26 Å². The molecule has 0 aromatic heterocycles. The van der Waals surface area contributed by atoms with Gasteiger partial charge in [0.25, 0.3) is 0 Å². The van der Waals surface area contributed by atoms with Crippen LogP contribution in [0, 0.1) is 18.3 Å². The van der Waals surface area contributed by atoms with Crippen LogP contribution in [0.1, 0.15) is 23.6 Å². The van der Waals surface area contributed by atoms with Crippen LogP contribution in [0.4, 0.5) is 0 Å². The molecule has 5 heteroatoms. The quantitative estimate of drug-likeness (QED) is 0.912. The van der Waals surface area contributed by atoms with Crippen LogP contribution in [0.3, 0.4) is 0 Å². The van der Waals surface area contributed by atoms with E-state index in [-0.39, 0.29) is 30.9 Å². The zero-order chi connectivity index (χ0) is 14.7. The van der Waals surface area contributed by atoms with Gasteiger partial charge in [-0.3, -0.25) is 4.90 Å². The van der Waals surface area contributed by atoms with E-state index in [4.69, 9.17) is 0 Å². The van der Waals surface area contributed by atoms with E-state index in [0.29, 0.717) is 6.42 Å². The number of fused-ring (bicyclic) bond motifs is 1. The fourth-order valence-corrected chi connectivity index (χ4v) is 3.28. The molecule has 23 heavy (non-hydrogen) atoms. The minimum absolute atomic E-state index is 0. The summed E-state index contributed by atoms with van der Waals surface area (Å²) in [7, 11) is 0. The molecule has 1 aliphatic rings. The van der Waals surface area contributed by atoms with E-state index in [1.54, 1.807) is 0 Å². The van der Waals surface area contributed by atoms with Crippen LogP contribution in [-0.4, -0.2) is 31.1 Å². The molecule has 0 radical (unpaired) electrons. The van der Waals surface area contributed by atoms with Crippen LogP contribution in [0.15, 0.2) is 36.4 Å². The molecule has 1 atom stereocenters. The van der Waals surface area contributed by atoms with Gasteiger partial charge >= 0.3 is 0 Å². The molecule has 0 bridgehead atoms. The van der Waals surface area contributed by atoms with Gasteiger partial charge < -0.3 is 5.32 Å². The lowest BCUT2D eigenvalue weighted by Gasteiger charge is -2.34. The minimum Gasteiger partial charge on any atom is -0.314 e. The van der Waals surface area contributed by atoms with Gasteiger partial charge in [0.1, 0.15) is 0 Å². The minimum atomic E-state index is 0. The molecule has 0 amide bonds. The number of hydrogen-bond donors (Lipinski definition) is 1. The molecule has 124 valence electrons. The van der Waals surface area contributed by atoms with Gasteiger partial charge in [0.05, 0.1) is 12.5 Å². The maximum atomic E-state index is 9.26. The summed E-state index contributed by atoms with van der Waals surface area (Å²) in [4.78, 5) is 2.44. The molecule has 0 spiro atoms. The fraction of sp³-hybridized carbons (Fsp3) is 0.389. The highest BCUT2D eigenvalue weighted by atomic mass is 35.5. The van der Waals surface area contributed by atoms with Crippen LogP contribution in [0.5, 0.6) is 0 Å². The number of nitrogens with one attached hydrogen (secondary N) is 1. The highest BCUT2D eigenvalue weighted by Crippen LogP contribution is 2.32. The number of hydrogen-bond acceptors (Lipinski definition) is 3. The van der Waals surface area contributed by atoms with Gasteiger partial charge in [-0.05, 0) is 28.8 Å². The van der Waals surface area contributed by atoms with E-state index in [1.165, 1.54) is 21.9 Å². The average Bonchev–Trinajstić information content (AvgIpc) is 2.55. The lowest BCUT2D eigenvalue weighted by molar-refractivity contribution is 0.176. The second-order valence-electron chi connectivity index (χ2n) is 5.68. The Hall–Kier alpha value is -1.31. The molecule has 0 saturated carbocycles. The van der Waals surface area contributed by atoms with Crippen molar-refractivity contribution < 1.29 is 0 Å². The standard InChI is InChI=1S/C18H21N3.2ClH/c1-14-6-7-17(16-5-3-2-4-15(14)16)18(8-9-19)21-12-10-20-11-13-21;;/h2-7,18,20H,8,10-13H2,1H3;2*1H/t18-;;/m1../s1. The van der Waals surface area contributed by atoms with Crippen LogP contribution >= 0.6 is 24.8 Å². The van der Waals surface area contributed by atoms with E-state index in [2.05, 4.69) is 59.6 Å². The van der Waals surface area contributed by atoms with Crippen LogP contribution in [-0.2, 0) is 0 Å². The predicted octanol–water partition coefficient (Wildman–Crippen LogP) is 3.85. The number of nitriles is 1. The topological polar surface area (TPSA) is 39.1 Å². The molecule has 1 fully saturated rings. The van der Waals surface area contributed by atoms with Crippen molar-refractivity contribution in [1.29, 1.82) is 5.26 Å². The smallest absolute Gasteiger partial charge is 0.0641 e. The Labute approximate surface area is 150 Å². The summed E-state index contributed by atoms with van der Waals surface area (Å²) in [6.07, 6.45) is 0.549. The third kappa shape index (κ3) is 4.16. The first-order valence-corrected chi connectivity index (χ1v) is 7.61. The van der Waals surface area contributed by atoms with Gasteiger partial charge in [-0.1, -0.05) is 36.4 Å². The van der Waals surface area contributed by atoms with Gasteiger partial charge in [-0.15, -0.1) is 24.8 Å². The molecule has 3 rings (SSSR count). The lowest BCUT2D eigenvalue weighted by atomic mass is 9.93. The summed E-state index contributed by atoms with van der Waals surface area (Å²) < 4.78 is 0. The van der Waals surface area contributed by atoms with Gasteiger partial charge in [0, 0.05) is 32.2 Å². The van der Waals surface area contributed by atoms with Crippen molar-refractivity contribution in [3.63, 3.8) is 0 Å². The SMILES string of the molecule is Cc1ccc([C@@H](CC#N)N2CCNCC2)c2ccccc12.Cl.Cl. The predicted molar refractivity (Wildman–Crippen MR) is 101 cm³/mol. The summed E-state index contributed by atoms with van der Waals surface area (Å²) in [5.74, 6) is 0. The molecule has 2 aromatic rings. The number of benzene rings is 2. The molecule has 1 saturated heterocycles.